The van der Waals surface area contributed by atoms with Gasteiger partial charge >= 0.3 is 0 Å². The lowest BCUT2D eigenvalue weighted by Crippen LogP contribution is -2.06. The van der Waals surface area contributed by atoms with Crippen molar-refractivity contribution < 1.29 is 0 Å². The van der Waals surface area contributed by atoms with Crippen LogP contribution >= 0.6 is 11.8 Å². The molecule has 0 bridgehead atoms. The minimum absolute atomic E-state index is 0.220. The molecule has 1 rings (SSSR count). The van der Waals surface area contributed by atoms with Crippen LogP contribution < -0.4 is 4.84 Å². The fourth-order valence-corrected chi connectivity index (χ4v) is 1.23. The smallest absolute Gasteiger partial charge is 0.0442 e. The van der Waals surface area contributed by atoms with E-state index < -0.39 is 0 Å². The number of rotatable bonds is 3. The Morgan fingerprint density at radius 2 is 1.92 bits per heavy atom. The van der Waals surface area contributed by atoms with Crippen molar-refractivity contribution >= 4 is 11.8 Å². The summed E-state index contributed by atoms with van der Waals surface area (Å²) in [7, 11) is 0. The second-order valence-electron chi connectivity index (χ2n) is 2.93. The van der Waals surface area contributed by atoms with Crippen LogP contribution in [0.2, 0.25) is 0 Å². The average Bonchev–Trinajstić information content (AvgIpc) is 2.17. The molecule has 2 heteroatoms. The van der Waals surface area contributed by atoms with Crippen molar-refractivity contribution in [2.75, 3.05) is 0 Å². The van der Waals surface area contributed by atoms with Gasteiger partial charge in [-0.2, -0.15) is 0 Å². The lowest BCUT2D eigenvalue weighted by atomic mass is 10.1. The maximum Gasteiger partial charge on any atom is 0.0442 e. The molecule has 0 aliphatic heterocycles. The van der Waals surface area contributed by atoms with Crippen LogP contribution in [0.1, 0.15) is 31.0 Å². The minimum atomic E-state index is 0.220. The molecule has 0 spiro atoms. The number of hydrogen-bond acceptors (Lipinski definition) is 1. The van der Waals surface area contributed by atoms with Gasteiger partial charge in [-0.15, -0.1) is 0 Å². The fraction of sp³-hybridized carbons (Fsp3) is 0.400. The molecule has 1 atom stereocenters. The number of nitrogens with one attached hydrogen (secondary N) is 1. The van der Waals surface area contributed by atoms with E-state index in [2.05, 4.69) is 36.0 Å². The normalized spacial score (nSPS) is 12.9. The van der Waals surface area contributed by atoms with E-state index in [0.717, 1.165) is 6.42 Å². The summed E-state index contributed by atoms with van der Waals surface area (Å²) in [4.78, 5) is 2.69. The molecule has 66 valence electrons. The largest absolute Gasteiger partial charge is 0.226 e. The third-order valence-corrected chi connectivity index (χ3v) is 2.38. The zero-order valence-electron chi connectivity index (χ0n) is 7.47. The van der Waals surface area contributed by atoms with Crippen LogP contribution in [0.25, 0.3) is 0 Å². The van der Waals surface area contributed by atoms with Gasteiger partial charge in [-0.1, -0.05) is 31.2 Å². The summed E-state index contributed by atoms with van der Waals surface area (Å²) in [5, 5.41) is 0. The van der Waals surface area contributed by atoms with E-state index in [-0.39, 0.29) is 6.04 Å². The zero-order chi connectivity index (χ0) is 8.97. The monoisotopic (exact) mass is 183 g/mol. The first-order valence-corrected chi connectivity index (χ1v) is 4.60. The second kappa shape index (κ2) is 4.48. The van der Waals surface area contributed by atoms with E-state index >= 15 is 0 Å². The Balaban J connectivity index is 2.77. The van der Waals surface area contributed by atoms with Gasteiger partial charge in [0.15, 0.2) is 0 Å². The Bertz CT molecular complexity index is 230. The fourth-order valence-electron chi connectivity index (χ4n) is 1.11. The van der Waals surface area contributed by atoms with Crippen LogP contribution in [0, 0.1) is 0 Å². The van der Waals surface area contributed by atoms with Crippen molar-refractivity contribution in [3.05, 3.63) is 35.4 Å². The summed E-state index contributed by atoms with van der Waals surface area (Å²) in [6.45, 7) is 4.19. The van der Waals surface area contributed by atoms with E-state index in [0.29, 0.717) is 0 Å². The SMILES string of the molecule is CCc1ccc(C(C)NCl)cc1. The summed E-state index contributed by atoms with van der Waals surface area (Å²) < 4.78 is 0. The predicted octanol–water partition coefficient (Wildman–Crippen LogP) is 3.05. The average molecular weight is 184 g/mol. The van der Waals surface area contributed by atoms with Crippen molar-refractivity contribution in [2.24, 2.45) is 0 Å². The standard InChI is InChI=1S/C10H14ClN/c1-3-9-4-6-10(7-5-9)8(2)12-11/h4-8,12H,3H2,1-2H3. The lowest BCUT2D eigenvalue weighted by molar-refractivity contribution is 0.744. The summed E-state index contributed by atoms with van der Waals surface area (Å²) in [5.74, 6) is 0. The molecule has 0 aromatic heterocycles. The molecule has 0 radical (unpaired) electrons. The van der Waals surface area contributed by atoms with E-state index in [1.165, 1.54) is 11.1 Å². The van der Waals surface area contributed by atoms with Crippen LogP contribution in [0.4, 0.5) is 0 Å². The quantitative estimate of drug-likeness (QED) is 0.711. The highest BCUT2D eigenvalue weighted by atomic mass is 35.5. The molecule has 0 heterocycles. The molecular formula is C10H14ClN. The number of halogens is 1. The molecule has 12 heavy (non-hydrogen) atoms. The first-order valence-electron chi connectivity index (χ1n) is 4.23. The van der Waals surface area contributed by atoms with Crippen molar-refractivity contribution in [3.8, 4) is 0 Å². The Labute approximate surface area is 78.9 Å². The summed E-state index contributed by atoms with van der Waals surface area (Å²) >= 11 is 5.51. The molecule has 0 aliphatic carbocycles. The predicted molar refractivity (Wildman–Crippen MR) is 53.2 cm³/mol. The molecule has 0 saturated carbocycles. The van der Waals surface area contributed by atoms with Gasteiger partial charge in [-0.25, -0.2) is 4.84 Å². The molecule has 1 unspecified atom stereocenters. The van der Waals surface area contributed by atoms with Crippen molar-refractivity contribution in [1.29, 1.82) is 0 Å². The van der Waals surface area contributed by atoms with Crippen LogP contribution in [0.3, 0.4) is 0 Å². The van der Waals surface area contributed by atoms with Gasteiger partial charge in [0.1, 0.15) is 0 Å². The molecule has 1 N–H and O–H groups in total. The molecule has 1 aromatic carbocycles. The van der Waals surface area contributed by atoms with Crippen molar-refractivity contribution in [2.45, 2.75) is 26.3 Å². The highest BCUT2D eigenvalue weighted by Crippen LogP contribution is 2.13. The summed E-state index contributed by atoms with van der Waals surface area (Å²) in [6, 6.07) is 8.72. The first-order chi connectivity index (χ1) is 5.77. The maximum atomic E-state index is 5.51. The van der Waals surface area contributed by atoms with Gasteiger partial charge in [0.2, 0.25) is 0 Å². The molecule has 0 amide bonds. The molecule has 0 aliphatic rings. The second-order valence-corrected chi connectivity index (χ2v) is 3.14. The van der Waals surface area contributed by atoms with Gasteiger partial charge in [-0.3, -0.25) is 0 Å². The van der Waals surface area contributed by atoms with Crippen LogP contribution in [0.5, 0.6) is 0 Å². The Hall–Kier alpha value is -0.530. The Kier molecular flexibility index (Phi) is 3.57. The molecular weight excluding hydrogens is 170 g/mol. The van der Waals surface area contributed by atoms with E-state index in [4.69, 9.17) is 11.8 Å². The number of aryl methyl sites for hydroxylation is 1. The van der Waals surface area contributed by atoms with Crippen LogP contribution in [0.15, 0.2) is 24.3 Å². The lowest BCUT2D eigenvalue weighted by Gasteiger charge is -2.08. The molecule has 0 fully saturated rings. The van der Waals surface area contributed by atoms with Gasteiger partial charge < -0.3 is 0 Å². The number of hydrogen-bond donors (Lipinski definition) is 1. The van der Waals surface area contributed by atoms with Crippen molar-refractivity contribution in [1.82, 2.24) is 4.84 Å². The Morgan fingerprint density at radius 1 is 1.33 bits per heavy atom. The van der Waals surface area contributed by atoms with E-state index in [9.17, 15) is 0 Å². The molecule has 0 saturated heterocycles. The van der Waals surface area contributed by atoms with Gasteiger partial charge in [0.05, 0.1) is 0 Å². The Morgan fingerprint density at radius 3 is 2.33 bits per heavy atom. The van der Waals surface area contributed by atoms with Gasteiger partial charge in [0.25, 0.3) is 0 Å². The maximum absolute atomic E-state index is 5.51. The van der Waals surface area contributed by atoms with Crippen LogP contribution in [-0.4, -0.2) is 0 Å². The third-order valence-electron chi connectivity index (χ3n) is 2.05. The van der Waals surface area contributed by atoms with Gasteiger partial charge in [0, 0.05) is 6.04 Å². The van der Waals surface area contributed by atoms with Gasteiger partial charge in [-0.05, 0) is 36.2 Å². The van der Waals surface area contributed by atoms with Crippen molar-refractivity contribution in [3.63, 3.8) is 0 Å². The summed E-state index contributed by atoms with van der Waals surface area (Å²) in [6.07, 6.45) is 1.09. The number of benzene rings is 1. The van der Waals surface area contributed by atoms with Crippen LogP contribution in [-0.2, 0) is 6.42 Å². The third kappa shape index (κ3) is 2.23. The molecule has 1 nitrogen and oxygen atoms in total. The highest BCUT2D eigenvalue weighted by molar-refractivity contribution is 6.13. The first kappa shape index (κ1) is 9.56. The van der Waals surface area contributed by atoms with E-state index in [1.54, 1.807) is 0 Å². The summed E-state index contributed by atoms with van der Waals surface area (Å²) in [5.41, 5.74) is 2.59. The molecule has 1 aromatic rings. The minimum Gasteiger partial charge on any atom is -0.226 e. The highest BCUT2D eigenvalue weighted by Gasteiger charge is 2.01. The van der Waals surface area contributed by atoms with E-state index in [1.807, 2.05) is 6.92 Å². The topological polar surface area (TPSA) is 12.0 Å². The zero-order valence-corrected chi connectivity index (χ0v) is 8.23.